The topological polar surface area (TPSA) is 91.7 Å². The fourth-order valence-corrected chi connectivity index (χ4v) is 4.54. The molecule has 0 saturated heterocycles. The second-order valence-corrected chi connectivity index (χ2v) is 8.62. The summed E-state index contributed by atoms with van der Waals surface area (Å²) in [5, 5.41) is 12.6. The van der Waals surface area contributed by atoms with Crippen LogP contribution in [0.4, 0.5) is 5.69 Å². The lowest BCUT2D eigenvalue weighted by atomic mass is 10.0. The molecule has 0 aliphatic carbocycles. The van der Waals surface area contributed by atoms with E-state index < -0.39 is 4.92 Å². The van der Waals surface area contributed by atoms with Gasteiger partial charge in [-0.25, -0.2) is 0 Å². The van der Waals surface area contributed by atoms with E-state index >= 15 is 0 Å². The number of hydrogen-bond acceptors (Lipinski definition) is 5. The van der Waals surface area contributed by atoms with Crippen molar-refractivity contribution in [1.82, 2.24) is 14.8 Å². The summed E-state index contributed by atoms with van der Waals surface area (Å²) in [5.74, 6) is 0.267. The van der Waals surface area contributed by atoms with Gasteiger partial charge in [0, 0.05) is 42.8 Å². The number of nitrogens with one attached hydrogen (secondary N) is 1. The van der Waals surface area contributed by atoms with Gasteiger partial charge in [0.05, 0.1) is 18.5 Å². The van der Waals surface area contributed by atoms with Crippen molar-refractivity contribution >= 4 is 22.5 Å². The van der Waals surface area contributed by atoms with Crippen LogP contribution in [0.5, 0.6) is 5.75 Å². The third-order valence-corrected chi connectivity index (χ3v) is 6.45. The van der Waals surface area contributed by atoms with Gasteiger partial charge in [-0.2, -0.15) is 0 Å². The quantitative estimate of drug-likeness (QED) is 0.397. The van der Waals surface area contributed by atoms with Gasteiger partial charge >= 0.3 is 5.69 Å². The third kappa shape index (κ3) is 5.17. The van der Waals surface area contributed by atoms with Gasteiger partial charge in [-0.3, -0.25) is 14.9 Å². The minimum Gasteiger partial charge on any atom is -0.490 e. The number of para-hydroxylation sites is 1. The number of fused-ring (bicyclic) bond motifs is 2. The number of likely N-dealkylation sites (N-methyl/N-ethyl adjacent to an activating group) is 1. The molecule has 2 aromatic carbocycles. The number of aromatic amines is 1. The van der Waals surface area contributed by atoms with Gasteiger partial charge in [0.15, 0.2) is 5.75 Å². The molecular weight excluding hydrogens is 420 g/mol. The normalized spacial score (nSPS) is 13.9. The van der Waals surface area contributed by atoms with E-state index in [4.69, 9.17) is 4.74 Å². The lowest BCUT2D eigenvalue weighted by Crippen LogP contribution is -2.35. The molecule has 0 bridgehead atoms. The first-order valence-corrected chi connectivity index (χ1v) is 11.3. The molecule has 8 nitrogen and oxygen atoms in total. The van der Waals surface area contributed by atoms with Crippen LogP contribution in [-0.4, -0.2) is 66.0 Å². The van der Waals surface area contributed by atoms with Gasteiger partial charge in [0.1, 0.15) is 0 Å². The minimum atomic E-state index is -0.435. The van der Waals surface area contributed by atoms with Crippen LogP contribution in [0.2, 0.25) is 0 Å². The van der Waals surface area contributed by atoms with E-state index in [2.05, 4.69) is 41.3 Å². The smallest absolute Gasteiger partial charge is 0.311 e. The molecule has 1 aromatic heterocycles. The molecule has 0 atom stereocenters. The zero-order valence-electron chi connectivity index (χ0n) is 19.2. The summed E-state index contributed by atoms with van der Waals surface area (Å²) >= 11 is 0. The fourth-order valence-electron chi connectivity index (χ4n) is 4.54. The first-order chi connectivity index (χ1) is 16.0. The second-order valence-electron chi connectivity index (χ2n) is 8.62. The van der Waals surface area contributed by atoms with Crippen LogP contribution in [0.1, 0.15) is 23.1 Å². The fraction of sp³-hybridized carbons (Fsp3) is 0.400. The van der Waals surface area contributed by atoms with Crippen LogP contribution < -0.4 is 4.74 Å². The molecule has 0 spiro atoms. The molecular formula is C25H30N4O4. The number of benzene rings is 2. The number of carbonyl (C=O) groups excluding carboxylic acids is 1. The zero-order valence-corrected chi connectivity index (χ0v) is 19.2. The summed E-state index contributed by atoms with van der Waals surface area (Å²) in [6.45, 7) is 3.11. The van der Waals surface area contributed by atoms with Crippen LogP contribution in [0, 0.1) is 10.1 Å². The number of hydrogen-bond donors (Lipinski definition) is 1. The summed E-state index contributed by atoms with van der Waals surface area (Å²) in [5.41, 5.74) is 4.12. The number of carbonyl (C=O) groups is 1. The average Bonchev–Trinajstić information content (AvgIpc) is 3.15. The van der Waals surface area contributed by atoms with Crippen molar-refractivity contribution in [3.05, 3.63) is 69.4 Å². The average molecular weight is 451 g/mol. The standard InChI is InChI=1S/C25H30N4O4/c1-27(12-8-19-17-26-22-7-4-3-6-21(19)22)10-5-11-28-13-9-18-14-23(29(31)32)24(33-2)15-20(18)16-25(28)30/h3-4,6-7,14-15,17,26H,5,8-13,16H2,1-2H3. The number of nitro benzene ring substituents is 1. The molecule has 174 valence electrons. The maximum absolute atomic E-state index is 12.8. The van der Waals surface area contributed by atoms with E-state index in [1.165, 1.54) is 23.6 Å². The van der Waals surface area contributed by atoms with Gasteiger partial charge < -0.3 is 19.5 Å². The van der Waals surface area contributed by atoms with Gasteiger partial charge in [-0.15, -0.1) is 0 Å². The molecule has 8 heteroatoms. The first kappa shape index (κ1) is 22.8. The number of rotatable bonds is 9. The Morgan fingerprint density at radius 2 is 2.03 bits per heavy atom. The summed E-state index contributed by atoms with van der Waals surface area (Å²) in [6, 6.07) is 11.5. The van der Waals surface area contributed by atoms with E-state index in [0.717, 1.165) is 37.1 Å². The highest BCUT2D eigenvalue weighted by atomic mass is 16.6. The lowest BCUT2D eigenvalue weighted by molar-refractivity contribution is -0.385. The monoisotopic (exact) mass is 450 g/mol. The van der Waals surface area contributed by atoms with Crippen molar-refractivity contribution in [2.24, 2.45) is 0 Å². The molecule has 3 aromatic rings. The molecule has 1 aliphatic rings. The second kappa shape index (κ2) is 10.0. The van der Waals surface area contributed by atoms with Crippen molar-refractivity contribution in [2.45, 2.75) is 25.7 Å². The number of aromatic nitrogens is 1. The first-order valence-electron chi connectivity index (χ1n) is 11.3. The van der Waals surface area contributed by atoms with Crippen LogP contribution in [-0.2, 0) is 24.1 Å². The molecule has 2 heterocycles. The predicted molar refractivity (Wildman–Crippen MR) is 128 cm³/mol. The number of nitrogens with zero attached hydrogens (tertiary/aromatic N) is 3. The van der Waals surface area contributed by atoms with E-state index in [9.17, 15) is 14.9 Å². The van der Waals surface area contributed by atoms with Crippen molar-refractivity contribution in [3.8, 4) is 5.75 Å². The molecule has 33 heavy (non-hydrogen) atoms. The summed E-state index contributed by atoms with van der Waals surface area (Å²) < 4.78 is 5.17. The molecule has 1 amide bonds. The number of H-pyrrole nitrogens is 1. The van der Waals surface area contributed by atoms with Crippen molar-refractivity contribution < 1.29 is 14.5 Å². The molecule has 1 aliphatic heterocycles. The Balaban J connectivity index is 1.29. The third-order valence-electron chi connectivity index (χ3n) is 6.45. The highest BCUT2D eigenvalue weighted by molar-refractivity contribution is 5.83. The number of amides is 1. The van der Waals surface area contributed by atoms with E-state index in [-0.39, 0.29) is 23.8 Å². The molecule has 0 saturated carbocycles. The molecule has 0 fully saturated rings. The highest BCUT2D eigenvalue weighted by Gasteiger charge is 2.25. The van der Waals surface area contributed by atoms with E-state index in [1.807, 2.05) is 11.0 Å². The maximum atomic E-state index is 12.8. The Bertz CT molecular complexity index is 1160. The van der Waals surface area contributed by atoms with Crippen molar-refractivity contribution in [2.75, 3.05) is 40.3 Å². The number of methoxy groups -OCH3 is 1. The van der Waals surface area contributed by atoms with Crippen molar-refractivity contribution in [1.29, 1.82) is 0 Å². The predicted octanol–water partition coefficient (Wildman–Crippen LogP) is 3.58. The van der Waals surface area contributed by atoms with E-state index in [0.29, 0.717) is 19.5 Å². The SMILES string of the molecule is COc1cc2c(cc1[N+](=O)[O-])CCN(CCCN(C)CCc1c[nH]c3ccccc13)C(=O)C2. The Hall–Kier alpha value is -3.39. The van der Waals surface area contributed by atoms with Crippen LogP contribution in [0.3, 0.4) is 0 Å². The van der Waals surface area contributed by atoms with E-state index in [1.54, 1.807) is 12.1 Å². The Morgan fingerprint density at radius 1 is 1.21 bits per heavy atom. The molecule has 0 radical (unpaired) electrons. The zero-order chi connectivity index (χ0) is 23.4. The van der Waals surface area contributed by atoms with Crippen LogP contribution in [0.15, 0.2) is 42.6 Å². The Labute approximate surface area is 193 Å². The van der Waals surface area contributed by atoms with Crippen molar-refractivity contribution in [3.63, 3.8) is 0 Å². The highest BCUT2D eigenvalue weighted by Crippen LogP contribution is 2.32. The Kier molecular flexibility index (Phi) is 6.93. The Morgan fingerprint density at radius 3 is 2.82 bits per heavy atom. The maximum Gasteiger partial charge on any atom is 0.311 e. The molecule has 4 rings (SSSR count). The summed E-state index contributed by atoms with van der Waals surface area (Å²) in [4.78, 5) is 31.2. The minimum absolute atomic E-state index is 0.0472. The van der Waals surface area contributed by atoms with Gasteiger partial charge in [0.25, 0.3) is 0 Å². The van der Waals surface area contributed by atoms with Crippen LogP contribution >= 0.6 is 0 Å². The molecule has 0 unspecified atom stereocenters. The van der Waals surface area contributed by atoms with Crippen LogP contribution in [0.25, 0.3) is 10.9 Å². The van der Waals surface area contributed by atoms with Gasteiger partial charge in [-0.1, -0.05) is 18.2 Å². The summed E-state index contributed by atoms with van der Waals surface area (Å²) in [7, 11) is 3.52. The summed E-state index contributed by atoms with van der Waals surface area (Å²) in [6.07, 6.45) is 4.81. The van der Waals surface area contributed by atoms with Gasteiger partial charge in [-0.05, 0) is 61.7 Å². The largest absolute Gasteiger partial charge is 0.490 e. The molecule has 1 N–H and O–H groups in total. The lowest BCUT2D eigenvalue weighted by Gasteiger charge is -2.22. The number of ether oxygens (including phenoxy) is 1. The number of nitro groups is 1. The van der Waals surface area contributed by atoms with Gasteiger partial charge in [0.2, 0.25) is 5.91 Å².